The number of nitro benzene ring substituents is 1. The van der Waals surface area contributed by atoms with Gasteiger partial charge >= 0.3 is 0 Å². The fraction of sp³-hybridized carbons (Fsp3) is 0.0833. The Morgan fingerprint density at radius 3 is 2.58 bits per heavy atom. The maximum absolute atomic E-state index is 12.6. The number of carbonyl (C=O) groups is 1. The number of methoxy groups -OCH3 is 1. The summed E-state index contributed by atoms with van der Waals surface area (Å²) in [7, 11) is 1.38. The molecule has 33 heavy (non-hydrogen) atoms. The number of hydrogen-bond donors (Lipinski definition) is 1. The molecule has 0 aliphatic carbocycles. The summed E-state index contributed by atoms with van der Waals surface area (Å²) in [6.07, 6.45) is 1.37. The summed E-state index contributed by atoms with van der Waals surface area (Å²) < 4.78 is 10.7. The zero-order valence-electron chi connectivity index (χ0n) is 17.4. The highest BCUT2D eigenvalue weighted by atomic mass is 35.5. The summed E-state index contributed by atoms with van der Waals surface area (Å²) in [6.45, 7) is 0.317. The van der Waals surface area contributed by atoms with Crippen molar-refractivity contribution < 1.29 is 19.2 Å². The monoisotopic (exact) mass is 463 g/mol. The van der Waals surface area contributed by atoms with Crippen LogP contribution in [-0.4, -0.2) is 17.9 Å². The van der Waals surface area contributed by atoms with Gasteiger partial charge in [0.05, 0.1) is 18.1 Å². The molecule has 9 heteroatoms. The van der Waals surface area contributed by atoms with E-state index in [1.54, 1.807) is 36.4 Å². The van der Waals surface area contributed by atoms with Crippen molar-refractivity contribution in [3.8, 4) is 17.6 Å². The minimum absolute atomic E-state index is 0.0491. The van der Waals surface area contributed by atoms with E-state index in [4.69, 9.17) is 21.1 Å². The van der Waals surface area contributed by atoms with E-state index in [0.29, 0.717) is 22.9 Å². The number of ether oxygens (including phenoxy) is 2. The molecule has 0 aliphatic rings. The minimum Gasteiger partial charge on any atom is -0.496 e. The average molecular weight is 464 g/mol. The molecule has 3 rings (SSSR count). The predicted octanol–water partition coefficient (Wildman–Crippen LogP) is 5.38. The molecule has 0 fully saturated rings. The smallest absolute Gasteiger partial charge is 0.296 e. The maximum Gasteiger partial charge on any atom is 0.296 e. The number of nitro groups is 1. The molecule has 0 radical (unpaired) electrons. The number of anilines is 1. The van der Waals surface area contributed by atoms with E-state index in [-0.39, 0.29) is 22.7 Å². The van der Waals surface area contributed by atoms with Gasteiger partial charge in [0.25, 0.3) is 11.6 Å². The van der Waals surface area contributed by atoms with E-state index in [0.717, 1.165) is 5.56 Å². The van der Waals surface area contributed by atoms with Crippen LogP contribution < -0.4 is 14.8 Å². The second-order valence-corrected chi connectivity index (χ2v) is 7.19. The number of halogens is 1. The zero-order valence-corrected chi connectivity index (χ0v) is 18.2. The van der Waals surface area contributed by atoms with Crippen molar-refractivity contribution in [1.82, 2.24) is 0 Å². The highest BCUT2D eigenvalue weighted by molar-refractivity contribution is 6.30. The highest BCUT2D eigenvalue weighted by Gasteiger charge is 2.19. The normalized spacial score (nSPS) is 10.8. The first-order valence-corrected chi connectivity index (χ1v) is 10.0. The van der Waals surface area contributed by atoms with Crippen LogP contribution in [0.5, 0.6) is 11.5 Å². The first-order valence-electron chi connectivity index (χ1n) is 9.62. The van der Waals surface area contributed by atoms with Crippen molar-refractivity contribution in [2.75, 3.05) is 12.4 Å². The molecule has 0 bridgehead atoms. The summed E-state index contributed by atoms with van der Waals surface area (Å²) in [5.41, 5.74) is 0.859. The van der Waals surface area contributed by atoms with Gasteiger partial charge in [-0.25, -0.2) is 0 Å². The number of benzene rings is 3. The molecule has 0 aromatic heterocycles. The standard InChI is InChI=1S/C24H18ClN3O5/c1-32-20-9-10-22(23(13-20)28(30)31)27-24(29)18(14-26)11-17-3-2-4-21(12-17)33-15-16-5-7-19(25)8-6-16/h2-13H,15H2,1H3,(H,27,29)/b18-11+. The largest absolute Gasteiger partial charge is 0.496 e. The Balaban J connectivity index is 1.76. The molecule has 1 N–H and O–H groups in total. The van der Waals surface area contributed by atoms with Crippen molar-refractivity contribution in [3.63, 3.8) is 0 Å². The second kappa shape index (κ2) is 10.8. The van der Waals surface area contributed by atoms with E-state index in [2.05, 4.69) is 5.32 Å². The van der Waals surface area contributed by atoms with Gasteiger partial charge in [0.1, 0.15) is 35.4 Å². The van der Waals surface area contributed by atoms with Crippen LogP contribution >= 0.6 is 11.6 Å². The van der Waals surface area contributed by atoms with Gasteiger partial charge in [-0.1, -0.05) is 35.9 Å². The Morgan fingerprint density at radius 2 is 1.91 bits per heavy atom. The van der Waals surface area contributed by atoms with Crippen LogP contribution in [0.4, 0.5) is 11.4 Å². The summed E-state index contributed by atoms with van der Waals surface area (Å²) in [5.74, 6) is 0.0339. The highest BCUT2D eigenvalue weighted by Crippen LogP contribution is 2.29. The predicted molar refractivity (Wildman–Crippen MR) is 124 cm³/mol. The van der Waals surface area contributed by atoms with Crippen molar-refractivity contribution in [3.05, 3.63) is 98.6 Å². The van der Waals surface area contributed by atoms with Gasteiger partial charge in [0.15, 0.2) is 0 Å². The first kappa shape index (κ1) is 23.3. The Labute approximate surface area is 194 Å². The maximum atomic E-state index is 12.6. The first-order chi connectivity index (χ1) is 15.9. The number of nitrogens with one attached hydrogen (secondary N) is 1. The fourth-order valence-corrected chi connectivity index (χ4v) is 2.97. The molecule has 1 amide bonds. The number of hydrogen-bond acceptors (Lipinski definition) is 6. The molecule has 0 aliphatic heterocycles. The van der Waals surface area contributed by atoms with Crippen LogP contribution in [0.15, 0.2) is 72.3 Å². The van der Waals surface area contributed by atoms with Crippen molar-refractivity contribution in [1.29, 1.82) is 5.26 Å². The molecule has 166 valence electrons. The topological polar surface area (TPSA) is 114 Å². The third kappa shape index (κ3) is 6.32. The van der Waals surface area contributed by atoms with Gasteiger partial charge in [0.2, 0.25) is 0 Å². The van der Waals surface area contributed by atoms with Crippen LogP contribution in [-0.2, 0) is 11.4 Å². The molecule has 0 atom stereocenters. The summed E-state index contributed by atoms with van der Waals surface area (Å²) >= 11 is 5.88. The molecular weight excluding hydrogens is 446 g/mol. The second-order valence-electron chi connectivity index (χ2n) is 6.75. The van der Waals surface area contributed by atoms with Gasteiger partial charge < -0.3 is 14.8 Å². The Hall–Kier alpha value is -4.35. The van der Waals surface area contributed by atoms with Crippen LogP contribution in [0.25, 0.3) is 6.08 Å². The molecule has 0 saturated carbocycles. The zero-order chi connectivity index (χ0) is 23.8. The fourth-order valence-electron chi connectivity index (χ4n) is 2.84. The van der Waals surface area contributed by atoms with Crippen LogP contribution in [0, 0.1) is 21.4 Å². The molecule has 3 aromatic carbocycles. The number of carbonyl (C=O) groups excluding carboxylic acids is 1. The van der Waals surface area contributed by atoms with Gasteiger partial charge in [-0.15, -0.1) is 0 Å². The van der Waals surface area contributed by atoms with E-state index in [1.165, 1.54) is 31.4 Å². The third-order valence-corrected chi connectivity index (χ3v) is 4.75. The summed E-state index contributed by atoms with van der Waals surface area (Å²) in [4.78, 5) is 23.3. The van der Waals surface area contributed by atoms with Crippen molar-refractivity contribution in [2.45, 2.75) is 6.61 Å². The van der Waals surface area contributed by atoms with E-state index in [9.17, 15) is 20.2 Å². The number of nitriles is 1. The van der Waals surface area contributed by atoms with E-state index in [1.807, 2.05) is 18.2 Å². The molecule has 0 heterocycles. The van der Waals surface area contributed by atoms with Crippen LogP contribution in [0.2, 0.25) is 5.02 Å². The molecule has 0 spiro atoms. The quantitative estimate of drug-likeness (QED) is 0.207. The summed E-state index contributed by atoms with van der Waals surface area (Å²) in [5, 5.41) is 23.8. The van der Waals surface area contributed by atoms with Crippen LogP contribution in [0.3, 0.4) is 0 Å². The lowest BCUT2D eigenvalue weighted by Gasteiger charge is -2.08. The van der Waals surface area contributed by atoms with Crippen LogP contribution in [0.1, 0.15) is 11.1 Å². The van der Waals surface area contributed by atoms with E-state index >= 15 is 0 Å². The third-order valence-electron chi connectivity index (χ3n) is 4.50. The lowest BCUT2D eigenvalue weighted by atomic mass is 10.1. The Kier molecular flexibility index (Phi) is 7.63. The Bertz CT molecular complexity index is 1250. The van der Waals surface area contributed by atoms with Crippen molar-refractivity contribution in [2.24, 2.45) is 0 Å². The van der Waals surface area contributed by atoms with Gasteiger partial charge in [-0.2, -0.15) is 5.26 Å². The molecule has 0 unspecified atom stereocenters. The number of nitrogens with zero attached hydrogens (tertiary/aromatic N) is 2. The number of rotatable bonds is 8. The molecular formula is C24H18ClN3O5. The lowest BCUT2D eigenvalue weighted by molar-refractivity contribution is -0.384. The molecule has 3 aromatic rings. The summed E-state index contributed by atoms with van der Waals surface area (Å²) in [6, 6.07) is 19.9. The lowest BCUT2D eigenvalue weighted by Crippen LogP contribution is -2.14. The van der Waals surface area contributed by atoms with Crippen molar-refractivity contribution >= 4 is 35.0 Å². The molecule has 0 saturated heterocycles. The van der Waals surface area contributed by atoms with E-state index < -0.39 is 10.8 Å². The Morgan fingerprint density at radius 1 is 1.15 bits per heavy atom. The van der Waals surface area contributed by atoms with Gasteiger partial charge in [-0.05, 0) is 53.6 Å². The molecule has 8 nitrogen and oxygen atoms in total. The van der Waals surface area contributed by atoms with Gasteiger partial charge in [-0.3, -0.25) is 14.9 Å². The van der Waals surface area contributed by atoms with Gasteiger partial charge in [0, 0.05) is 5.02 Å². The number of amides is 1. The minimum atomic E-state index is -0.779. The SMILES string of the molecule is COc1ccc(NC(=O)/C(C#N)=C/c2cccc(OCc3ccc(Cl)cc3)c2)c([N+](=O)[O-])c1. The average Bonchev–Trinajstić information content (AvgIpc) is 2.82.